The molecule has 3 amide bonds. The Bertz CT molecular complexity index is 937. The van der Waals surface area contributed by atoms with Gasteiger partial charge in [-0.2, -0.15) is 0 Å². The van der Waals surface area contributed by atoms with Gasteiger partial charge in [0.05, 0.1) is 23.2 Å². The number of aromatic nitrogens is 2. The van der Waals surface area contributed by atoms with Crippen LogP contribution < -0.4 is 5.32 Å². The largest absolute Gasteiger partial charge is 0.347 e. The van der Waals surface area contributed by atoms with Crippen molar-refractivity contribution in [1.82, 2.24) is 25.3 Å². The van der Waals surface area contributed by atoms with E-state index in [1.54, 1.807) is 31.9 Å². The predicted molar refractivity (Wildman–Crippen MR) is 90.3 cm³/mol. The summed E-state index contributed by atoms with van der Waals surface area (Å²) >= 11 is 0. The van der Waals surface area contributed by atoms with E-state index >= 15 is 0 Å². The molecule has 1 N–H and O–H groups in total. The fraction of sp³-hybridized carbons (Fsp3) is 0.471. The standard InChI is InChI=1S/C17H19N5O4/c1-8-4-11(14-9(2)20-26-16(14)18-8)15(24)19-10-5-12-17(25)21(3)7-13(23)22(12)6-10/h4,10,12H,5-7H2,1-3H3,(H,19,24). The monoisotopic (exact) mass is 357 g/mol. The van der Waals surface area contributed by atoms with Crippen molar-refractivity contribution < 1.29 is 18.9 Å². The molecule has 2 unspecified atom stereocenters. The molecular weight excluding hydrogens is 338 g/mol. The number of amides is 3. The van der Waals surface area contributed by atoms with Crippen LogP contribution in [0.3, 0.4) is 0 Å². The fourth-order valence-electron chi connectivity index (χ4n) is 3.74. The maximum Gasteiger partial charge on any atom is 0.258 e. The zero-order valence-electron chi connectivity index (χ0n) is 14.8. The third-order valence-electron chi connectivity index (χ3n) is 4.98. The van der Waals surface area contributed by atoms with Gasteiger partial charge in [-0.1, -0.05) is 5.16 Å². The lowest BCUT2D eigenvalue weighted by Gasteiger charge is -2.33. The molecule has 9 nitrogen and oxygen atoms in total. The zero-order chi connectivity index (χ0) is 18.6. The molecule has 0 aliphatic carbocycles. The van der Waals surface area contributed by atoms with Crippen LogP contribution in [-0.2, 0) is 9.59 Å². The molecule has 2 aromatic heterocycles. The summed E-state index contributed by atoms with van der Waals surface area (Å²) in [6.07, 6.45) is 0.413. The first-order valence-electron chi connectivity index (χ1n) is 8.44. The molecule has 2 atom stereocenters. The topological polar surface area (TPSA) is 109 Å². The van der Waals surface area contributed by atoms with Gasteiger partial charge < -0.3 is 19.6 Å². The summed E-state index contributed by atoms with van der Waals surface area (Å²) in [4.78, 5) is 44.5. The first-order chi connectivity index (χ1) is 12.3. The zero-order valence-corrected chi connectivity index (χ0v) is 14.8. The van der Waals surface area contributed by atoms with Crippen molar-refractivity contribution in [3.63, 3.8) is 0 Å². The van der Waals surface area contributed by atoms with Gasteiger partial charge in [0, 0.05) is 25.3 Å². The van der Waals surface area contributed by atoms with Crippen molar-refractivity contribution in [3.8, 4) is 0 Å². The molecule has 0 bridgehead atoms. The summed E-state index contributed by atoms with van der Waals surface area (Å²) in [7, 11) is 1.62. The van der Waals surface area contributed by atoms with Gasteiger partial charge in [0.2, 0.25) is 11.8 Å². The molecule has 0 saturated carbocycles. The second kappa shape index (κ2) is 5.79. The lowest BCUT2D eigenvalue weighted by Crippen LogP contribution is -2.55. The Morgan fingerprint density at radius 1 is 1.35 bits per heavy atom. The average Bonchev–Trinajstić information content (AvgIpc) is 3.16. The van der Waals surface area contributed by atoms with E-state index in [1.165, 1.54) is 4.90 Å². The van der Waals surface area contributed by atoms with Gasteiger partial charge in [-0.3, -0.25) is 14.4 Å². The molecule has 2 fully saturated rings. The van der Waals surface area contributed by atoms with Crippen LogP contribution in [0.15, 0.2) is 10.6 Å². The Hall–Kier alpha value is -2.97. The van der Waals surface area contributed by atoms with E-state index in [-0.39, 0.29) is 30.3 Å². The number of aryl methyl sites for hydroxylation is 2. The van der Waals surface area contributed by atoms with E-state index < -0.39 is 6.04 Å². The summed E-state index contributed by atoms with van der Waals surface area (Å²) in [6.45, 7) is 3.95. The van der Waals surface area contributed by atoms with Crippen LogP contribution in [0.1, 0.15) is 28.2 Å². The Balaban J connectivity index is 1.58. The third-order valence-corrected chi connectivity index (χ3v) is 4.98. The summed E-state index contributed by atoms with van der Waals surface area (Å²) < 4.78 is 5.16. The molecule has 0 radical (unpaired) electrons. The number of likely N-dealkylation sites (N-methyl/N-ethyl adjacent to an activating group) is 1. The maximum atomic E-state index is 12.8. The first-order valence-corrected chi connectivity index (χ1v) is 8.44. The number of nitrogens with zero attached hydrogens (tertiary/aromatic N) is 4. The summed E-state index contributed by atoms with van der Waals surface area (Å²) in [5.41, 5.74) is 2.00. The minimum atomic E-state index is -0.497. The highest BCUT2D eigenvalue weighted by Crippen LogP contribution is 2.25. The van der Waals surface area contributed by atoms with Crippen molar-refractivity contribution in [2.24, 2.45) is 0 Å². The number of nitrogens with one attached hydrogen (secondary N) is 1. The number of hydrogen-bond donors (Lipinski definition) is 1. The van der Waals surface area contributed by atoms with Gasteiger partial charge in [-0.15, -0.1) is 0 Å². The molecule has 0 aromatic carbocycles. The van der Waals surface area contributed by atoms with Crippen molar-refractivity contribution in [2.45, 2.75) is 32.4 Å². The molecule has 26 heavy (non-hydrogen) atoms. The van der Waals surface area contributed by atoms with Gasteiger partial charge in [0.25, 0.3) is 11.6 Å². The number of rotatable bonds is 2. The summed E-state index contributed by atoms with van der Waals surface area (Å²) in [6, 6.07) is 0.910. The van der Waals surface area contributed by atoms with Crippen LogP contribution in [0.25, 0.3) is 11.1 Å². The van der Waals surface area contributed by atoms with Crippen molar-refractivity contribution in [1.29, 1.82) is 0 Å². The van der Waals surface area contributed by atoms with E-state index in [0.29, 0.717) is 41.0 Å². The number of carbonyl (C=O) groups excluding carboxylic acids is 3. The Labute approximate surface area is 149 Å². The van der Waals surface area contributed by atoms with Crippen molar-refractivity contribution in [3.05, 3.63) is 23.0 Å². The van der Waals surface area contributed by atoms with Crippen LogP contribution >= 0.6 is 0 Å². The van der Waals surface area contributed by atoms with Crippen molar-refractivity contribution >= 4 is 28.8 Å². The maximum absolute atomic E-state index is 12.8. The van der Waals surface area contributed by atoms with Crippen LogP contribution in [0, 0.1) is 13.8 Å². The first kappa shape index (κ1) is 16.5. The highest BCUT2D eigenvalue weighted by Gasteiger charge is 2.45. The smallest absolute Gasteiger partial charge is 0.258 e. The van der Waals surface area contributed by atoms with Gasteiger partial charge in [-0.05, 0) is 26.3 Å². The van der Waals surface area contributed by atoms with E-state index in [2.05, 4.69) is 15.5 Å². The number of piperazine rings is 1. The van der Waals surface area contributed by atoms with Crippen molar-refractivity contribution in [2.75, 3.05) is 20.1 Å². The highest BCUT2D eigenvalue weighted by atomic mass is 16.5. The third kappa shape index (κ3) is 2.51. The Kier molecular flexibility index (Phi) is 3.67. The normalized spacial score (nSPS) is 22.9. The number of pyridine rings is 1. The van der Waals surface area contributed by atoms with Crippen LogP contribution in [0.5, 0.6) is 0 Å². The molecule has 0 spiro atoms. The minimum absolute atomic E-state index is 0.0834. The van der Waals surface area contributed by atoms with Gasteiger partial charge in [0.1, 0.15) is 6.04 Å². The predicted octanol–water partition coefficient (Wildman–Crippen LogP) is 0.0109. The lowest BCUT2D eigenvalue weighted by atomic mass is 10.1. The molecule has 4 rings (SSSR count). The number of carbonyl (C=O) groups is 3. The van der Waals surface area contributed by atoms with E-state index in [0.717, 1.165) is 0 Å². The summed E-state index contributed by atoms with van der Waals surface area (Å²) in [5.74, 6) is -0.464. The Morgan fingerprint density at radius 2 is 2.12 bits per heavy atom. The minimum Gasteiger partial charge on any atom is -0.347 e. The average molecular weight is 357 g/mol. The second-order valence-electron chi connectivity index (χ2n) is 6.92. The van der Waals surface area contributed by atoms with E-state index in [9.17, 15) is 14.4 Å². The van der Waals surface area contributed by atoms with Crippen LogP contribution in [0.2, 0.25) is 0 Å². The van der Waals surface area contributed by atoms with Gasteiger partial charge >= 0.3 is 0 Å². The van der Waals surface area contributed by atoms with Crippen LogP contribution in [-0.4, -0.2) is 69.9 Å². The quantitative estimate of drug-likeness (QED) is 0.811. The summed E-state index contributed by atoms with van der Waals surface area (Å²) in [5, 5.41) is 7.40. The van der Waals surface area contributed by atoms with Crippen LogP contribution in [0.4, 0.5) is 0 Å². The molecular formula is C17H19N5O4. The Morgan fingerprint density at radius 3 is 2.88 bits per heavy atom. The number of fused-ring (bicyclic) bond motifs is 2. The van der Waals surface area contributed by atoms with E-state index in [1.807, 2.05) is 0 Å². The molecule has 4 heterocycles. The molecule has 2 saturated heterocycles. The molecule has 2 aliphatic heterocycles. The molecule has 136 valence electrons. The highest BCUT2D eigenvalue weighted by molar-refractivity contribution is 6.06. The molecule has 2 aliphatic rings. The van der Waals surface area contributed by atoms with Gasteiger partial charge in [0.15, 0.2) is 0 Å². The van der Waals surface area contributed by atoms with E-state index in [4.69, 9.17) is 4.52 Å². The second-order valence-corrected chi connectivity index (χ2v) is 6.92. The SMILES string of the molecule is Cc1cc(C(=O)NC2CC3C(=O)N(C)CC(=O)N3C2)c2c(C)noc2n1. The molecule has 2 aromatic rings. The fourth-order valence-corrected chi connectivity index (χ4v) is 3.74. The number of hydrogen-bond acceptors (Lipinski definition) is 6. The lowest BCUT2D eigenvalue weighted by molar-refractivity contribution is -0.152. The van der Waals surface area contributed by atoms with Gasteiger partial charge in [-0.25, -0.2) is 4.98 Å². The molecule has 9 heteroatoms.